The number of rotatable bonds is 7. The highest BCUT2D eigenvalue weighted by Gasteiger charge is 2.00. The van der Waals surface area contributed by atoms with Gasteiger partial charge in [-0.05, 0) is 19.8 Å². The number of aliphatic imine (C=N–C) groups is 2. The molecule has 0 saturated heterocycles. The molecule has 0 radical (unpaired) electrons. The summed E-state index contributed by atoms with van der Waals surface area (Å²) in [5, 5.41) is 0. The van der Waals surface area contributed by atoms with Crippen LogP contribution < -0.4 is 0 Å². The van der Waals surface area contributed by atoms with Gasteiger partial charge in [-0.3, -0.25) is 0 Å². The lowest BCUT2D eigenvalue weighted by atomic mass is 10.1. The second kappa shape index (κ2) is 9.07. The van der Waals surface area contributed by atoms with Gasteiger partial charge in [-0.2, -0.15) is 9.98 Å². The quantitative estimate of drug-likeness (QED) is 0.367. The van der Waals surface area contributed by atoms with Gasteiger partial charge >= 0.3 is 0 Å². The molecule has 0 bridgehead atoms. The highest BCUT2D eigenvalue weighted by atomic mass is 16.1. The van der Waals surface area contributed by atoms with Gasteiger partial charge in [0, 0.05) is 0 Å². The highest BCUT2D eigenvalue weighted by Crippen LogP contribution is 2.15. The molecular weight excluding hydrogens is 192 g/mol. The molecule has 0 saturated carbocycles. The first-order chi connectivity index (χ1) is 7.26. The van der Waals surface area contributed by atoms with Gasteiger partial charge < -0.3 is 0 Å². The molecule has 0 rings (SSSR count). The van der Waals surface area contributed by atoms with E-state index < -0.39 is 0 Å². The molecule has 4 heteroatoms. The monoisotopic (exact) mass is 208 g/mol. The smallest absolute Gasteiger partial charge is 0.211 e. The maximum Gasteiger partial charge on any atom is 0.240 e. The zero-order valence-corrected chi connectivity index (χ0v) is 9.25. The molecule has 0 fully saturated rings. The van der Waals surface area contributed by atoms with Crippen LogP contribution in [0.4, 0.5) is 0 Å². The molecule has 0 atom stereocenters. The van der Waals surface area contributed by atoms with Crippen molar-refractivity contribution in [1.29, 1.82) is 0 Å². The first kappa shape index (κ1) is 13.5. The number of isocyanates is 2. The molecule has 0 aromatic heterocycles. The predicted octanol–water partition coefficient (Wildman–Crippen LogP) is 2.86. The fourth-order valence-corrected chi connectivity index (χ4v) is 1.23. The molecule has 0 unspecified atom stereocenters. The SMILES string of the molecule is CCCCCC/C(N=C=O)=C(/C)N=C=O. The van der Waals surface area contributed by atoms with Crippen molar-refractivity contribution in [3.63, 3.8) is 0 Å². The van der Waals surface area contributed by atoms with E-state index in [1.54, 1.807) is 6.92 Å². The molecular formula is C11H16N2O2. The topological polar surface area (TPSA) is 58.9 Å². The van der Waals surface area contributed by atoms with Crippen molar-refractivity contribution in [1.82, 2.24) is 0 Å². The fourth-order valence-electron chi connectivity index (χ4n) is 1.23. The summed E-state index contributed by atoms with van der Waals surface area (Å²) in [5.41, 5.74) is 0.981. The lowest BCUT2D eigenvalue weighted by Gasteiger charge is -2.01. The lowest BCUT2D eigenvalue weighted by molar-refractivity contribution is 0.562. The first-order valence-electron chi connectivity index (χ1n) is 5.11. The van der Waals surface area contributed by atoms with Gasteiger partial charge in [0.15, 0.2) is 0 Å². The predicted molar refractivity (Wildman–Crippen MR) is 57.7 cm³/mol. The Morgan fingerprint density at radius 1 is 1.07 bits per heavy atom. The van der Waals surface area contributed by atoms with Crippen LogP contribution in [0.5, 0.6) is 0 Å². The van der Waals surface area contributed by atoms with Gasteiger partial charge in [0.2, 0.25) is 12.2 Å². The van der Waals surface area contributed by atoms with E-state index in [1.165, 1.54) is 12.2 Å². The summed E-state index contributed by atoms with van der Waals surface area (Å²) in [5.74, 6) is 0. The third-order valence-electron chi connectivity index (χ3n) is 2.08. The van der Waals surface area contributed by atoms with E-state index >= 15 is 0 Å². The first-order valence-corrected chi connectivity index (χ1v) is 5.11. The number of carbonyl (C=O) groups excluding carboxylic acids is 2. The highest BCUT2D eigenvalue weighted by molar-refractivity contribution is 5.41. The largest absolute Gasteiger partial charge is 0.240 e. The second-order valence-electron chi connectivity index (χ2n) is 3.25. The van der Waals surface area contributed by atoms with Crippen molar-refractivity contribution in [2.75, 3.05) is 0 Å². The molecule has 0 aliphatic rings. The van der Waals surface area contributed by atoms with Crippen molar-refractivity contribution in [2.45, 2.75) is 46.0 Å². The molecule has 0 aliphatic heterocycles. The minimum Gasteiger partial charge on any atom is -0.211 e. The maximum atomic E-state index is 10.1. The Hall–Kier alpha value is -1.50. The number of unbranched alkanes of at least 4 members (excludes halogenated alkanes) is 3. The van der Waals surface area contributed by atoms with Crippen LogP contribution in [0.15, 0.2) is 21.4 Å². The summed E-state index contributed by atoms with van der Waals surface area (Å²) >= 11 is 0. The summed E-state index contributed by atoms with van der Waals surface area (Å²) < 4.78 is 0. The van der Waals surface area contributed by atoms with Gasteiger partial charge in [0.1, 0.15) is 0 Å². The lowest BCUT2D eigenvalue weighted by Crippen LogP contribution is -1.86. The average molecular weight is 208 g/mol. The zero-order valence-electron chi connectivity index (χ0n) is 9.25. The van der Waals surface area contributed by atoms with Crippen molar-refractivity contribution in [2.24, 2.45) is 9.98 Å². The van der Waals surface area contributed by atoms with E-state index in [0.29, 0.717) is 17.8 Å². The second-order valence-corrected chi connectivity index (χ2v) is 3.25. The summed E-state index contributed by atoms with van der Waals surface area (Å²) in [6, 6.07) is 0. The van der Waals surface area contributed by atoms with Crippen molar-refractivity contribution in [3.8, 4) is 0 Å². The molecule has 82 valence electrons. The average Bonchev–Trinajstić information content (AvgIpc) is 2.23. The molecule has 0 amide bonds. The third-order valence-corrected chi connectivity index (χ3v) is 2.08. The number of hydrogen-bond acceptors (Lipinski definition) is 4. The number of nitrogens with zero attached hydrogens (tertiary/aromatic N) is 2. The van der Waals surface area contributed by atoms with Crippen LogP contribution in [0.3, 0.4) is 0 Å². The normalized spacial score (nSPS) is 11.1. The molecule has 15 heavy (non-hydrogen) atoms. The molecule has 4 nitrogen and oxygen atoms in total. The fraction of sp³-hybridized carbons (Fsp3) is 0.636. The van der Waals surface area contributed by atoms with E-state index in [2.05, 4.69) is 16.9 Å². The van der Waals surface area contributed by atoms with E-state index in [9.17, 15) is 9.59 Å². The van der Waals surface area contributed by atoms with Gasteiger partial charge in [0.05, 0.1) is 11.4 Å². The van der Waals surface area contributed by atoms with Gasteiger partial charge in [-0.15, -0.1) is 0 Å². The standard InChI is InChI=1S/C11H16N2O2/c1-3-4-5-6-7-11(13-9-15)10(2)12-8-14/h3-7H2,1-2H3/b11-10+. The Morgan fingerprint density at radius 2 is 1.73 bits per heavy atom. The maximum absolute atomic E-state index is 10.1. The van der Waals surface area contributed by atoms with E-state index in [1.807, 2.05) is 0 Å². The van der Waals surface area contributed by atoms with Crippen LogP contribution in [-0.4, -0.2) is 12.2 Å². The van der Waals surface area contributed by atoms with Gasteiger partial charge in [-0.25, -0.2) is 9.59 Å². The molecule has 0 N–H and O–H groups in total. The van der Waals surface area contributed by atoms with Crippen LogP contribution in [0.2, 0.25) is 0 Å². The molecule has 0 aromatic rings. The van der Waals surface area contributed by atoms with Crippen molar-refractivity contribution in [3.05, 3.63) is 11.4 Å². The third kappa shape index (κ3) is 6.55. The van der Waals surface area contributed by atoms with E-state index in [0.717, 1.165) is 25.7 Å². The van der Waals surface area contributed by atoms with Crippen LogP contribution in [0, 0.1) is 0 Å². The minimum atomic E-state index is 0.449. The summed E-state index contributed by atoms with van der Waals surface area (Å²) in [4.78, 5) is 27.2. The summed E-state index contributed by atoms with van der Waals surface area (Å²) in [7, 11) is 0. The van der Waals surface area contributed by atoms with Crippen LogP contribution >= 0.6 is 0 Å². The Kier molecular flexibility index (Phi) is 8.16. The molecule has 0 aliphatic carbocycles. The van der Waals surface area contributed by atoms with Crippen LogP contribution in [0.1, 0.15) is 46.0 Å². The van der Waals surface area contributed by atoms with Crippen molar-refractivity contribution < 1.29 is 9.59 Å². The number of hydrogen-bond donors (Lipinski definition) is 0. The van der Waals surface area contributed by atoms with Gasteiger partial charge in [0.25, 0.3) is 0 Å². The van der Waals surface area contributed by atoms with Crippen molar-refractivity contribution >= 4 is 12.2 Å². The Balaban J connectivity index is 4.34. The van der Waals surface area contributed by atoms with Crippen LogP contribution in [0.25, 0.3) is 0 Å². The summed E-state index contributed by atoms with van der Waals surface area (Å²) in [6.45, 7) is 3.77. The minimum absolute atomic E-state index is 0.449. The molecule has 0 spiro atoms. The van der Waals surface area contributed by atoms with Gasteiger partial charge in [-0.1, -0.05) is 26.2 Å². The van der Waals surface area contributed by atoms with E-state index in [-0.39, 0.29) is 0 Å². The summed E-state index contributed by atoms with van der Waals surface area (Å²) in [6.07, 6.45) is 7.92. The zero-order chi connectivity index (χ0) is 11.5. The van der Waals surface area contributed by atoms with Crippen LogP contribution in [-0.2, 0) is 9.59 Å². The Bertz CT molecular complexity index is 309. The Labute approximate surface area is 89.8 Å². The Morgan fingerprint density at radius 3 is 2.27 bits per heavy atom. The number of allylic oxidation sites excluding steroid dienone is 2. The molecule has 0 heterocycles. The van der Waals surface area contributed by atoms with E-state index in [4.69, 9.17) is 0 Å². The molecule has 0 aromatic carbocycles.